The van der Waals surface area contributed by atoms with E-state index in [0.717, 1.165) is 13.0 Å². The maximum atomic E-state index is 12.6. The van der Waals surface area contributed by atoms with Gasteiger partial charge in [-0.3, -0.25) is 4.79 Å². The van der Waals surface area contributed by atoms with E-state index in [9.17, 15) is 4.79 Å². The molecule has 17 heavy (non-hydrogen) atoms. The Morgan fingerprint density at radius 3 is 2.41 bits per heavy atom. The second kappa shape index (κ2) is 6.08. The van der Waals surface area contributed by atoms with Crippen molar-refractivity contribution in [2.75, 3.05) is 12.4 Å². The van der Waals surface area contributed by atoms with E-state index in [1.807, 2.05) is 0 Å². The van der Waals surface area contributed by atoms with Crippen LogP contribution in [0.3, 0.4) is 0 Å². The number of hydrogen-bond acceptors (Lipinski definition) is 1. The van der Waals surface area contributed by atoms with Gasteiger partial charge in [0.25, 0.3) is 0 Å². The summed E-state index contributed by atoms with van der Waals surface area (Å²) in [5, 5.41) is 0. The fourth-order valence-corrected chi connectivity index (χ4v) is 3.69. The minimum atomic E-state index is 0.277. The Morgan fingerprint density at radius 1 is 1.18 bits per heavy atom. The zero-order valence-electron chi connectivity index (χ0n) is 10.8. The smallest absolute Gasteiger partial charge is 0.226 e. The van der Waals surface area contributed by atoms with Crippen LogP contribution in [0.5, 0.6) is 0 Å². The molecule has 0 saturated heterocycles. The van der Waals surface area contributed by atoms with Gasteiger partial charge in [0.1, 0.15) is 0 Å². The summed E-state index contributed by atoms with van der Waals surface area (Å²) in [5.74, 6) is 1.81. The predicted molar refractivity (Wildman–Crippen MR) is 71.2 cm³/mol. The van der Waals surface area contributed by atoms with Crippen molar-refractivity contribution in [1.29, 1.82) is 0 Å². The fourth-order valence-electron chi connectivity index (χ4n) is 3.51. The number of carbonyl (C=O) groups excluding carboxylic acids is 1. The minimum Gasteiger partial charge on any atom is -0.338 e. The normalized spacial score (nSPS) is 29.8. The van der Waals surface area contributed by atoms with Crippen molar-refractivity contribution in [3.63, 3.8) is 0 Å². The molecule has 2 rings (SSSR count). The van der Waals surface area contributed by atoms with Gasteiger partial charge in [-0.15, -0.1) is 11.6 Å². The Balaban J connectivity index is 2.01. The molecule has 0 N–H and O–H groups in total. The number of alkyl halides is 1. The van der Waals surface area contributed by atoms with Crippen LogP contribution in [-0.2, 0) is 4.79 Å². The molecule has 0 heterocycles. The topological polar surface area (TPSA) is 20.3 Å². The monoisotopic (exact) mass is 257 g/mol. The molecule has 0 radical (unpaired) electrons. The maximum absolute atomic E-state index is 12.6. The second-order valence-corrected chi connectivity index (χ2v) is 6.05. The van der Waals surface area contributed by atoms with Crippen LogP contribution in [0, 0.1) is 11.8 Å². The van der Waals surface area contributed by atoms with Crippen molar-refractivity contribution in [2.24, 2.45) is 11.8 Å². The molecule has 0 aromatic heterocycles. The number of amides is 1. The van der Waals surface area contributed by atoms with E-state index in [2.05, 4.69) is 11.8 Å². The third-order valence-electron chi connectivity index (χ3n) is 4.55. The van der Waals surface area contributed by atoms with Crippen LogP contribution >= 0.6 is 11.6 Å². The standard InChI is InChI=1S/C14H24ClNO/c1-11-5-4-8-13(11)14(17)16(10-9-15)12-6-2-3-7-12/h11-13H,2-10H2,1H3. The van der Waals surface area contributed by atoms with Crippen molar-refractivity contribution in [3.05, 3.63) is 0 Å². The van der Waals surface area contributed by atoms with Gasteiger partial charge in [0.05, 0.1) is 0 Å². The molecule has 1 amide bonds. The zero-order chi connectivity index (χ0) is 12.3. The molecule has 2 aliphatic rings. The van der Waals surface area contributed by atoms with Gasteiger partial charge in [0.15, 0.2) is 0 Å². The van der Waals surface area contributed by atoms with Gasteiger partial charge in [-0.25, -0.2) is 0 Å². The van der Waals surface area contributed by atoms with Crippen LogP contribution in [0.25, 0.3) is 0 Å². The van der Waals surface area contributed by atoms with E-state index in [0.29, 0.717) is 23.7 Å². The van der Waals surface area contributed by atoms with E-state index in [-0.39, 0.29) is 5.92 Å². The lowest BCUT2D eigenvalue weighted by Gasteiger charge is -2.32. The van der Waals surface area contributed by atoms with Crippen LogP contribution in [0.2, 0.25) is 0 Å². The Kier molecular flexibility index (Phi) is 4.72. The lowest BCUT2D eigenvalue weighted by atomic mass is 9.95. The average molecular weight is 258 g/mol. The summed E-state index contributed by atoms with van der Waals surface area (Å²) < 4.78 is 0. The largest absolute Gasteiger partial charge is 0.338 e. The summed E-state index contributed by atoms with van der Waals surface area (Å²) in [6.07, 6.45) is 8.44. The first kappa shape index (κ1) is 13.2. The van der Waals surface area contributed by atoms with Crippen LogP contribution in [-0.4, -0.2) is 29.3 Å². The fraction of sp³-hybridized carbons (Fsp3) is 0.929. The van der Waals surface area contributed by atoms with Crippen molar-refractivity contribution >= 4 is 17.5 Å². The van der Waals surface area contributed by atoms with E-state index >= 15 is 0 Å². The third kappa shape index (κ3) is 2.96. The first-order valence-electron chi connectivity index (χ1n) is 7.10. The SMILES string of the molecule is CC1CCCC1C(=O)N(CCCl)C1CCCC1. The molecule has 3 heteroatoms. The molecule has 0 aliphatic heterocycles. The Morgan fingerprint density at radius 2 is 1.88 bits per heavy atom. The Labute approximate surface area is 110 Å². The van der Waals surface area contributed by atoms with Crippen molar-refractivity contribution in [3.8, 4) is 0 Å². The van der Waals surface area contributed by atoms with Crippen LogP contribution in [0.4, 0.5) is 0 Å². The zero-order valence-corrected chi connectivity index (χ0v) is 11.6. The minimum absolute atomic E-state index is 0.277. The number of rotatable bonds is 4. The highest BCUT2D eigenvalue weighted by molar-refractivity contribution is 6.18. The summed E-state index contributed by atoms with van der Waals surface area (Å²) in [5.41, 5.74) is 0. The highest BCUT2D eigenvalue weighted by Gasteiger charge is 2.35. The van der Waals surface area contributed by atoms with E-state index in [4.69, 9.17) is 11.6 Å². The summed E-state index contributed by atoms with van der Waals surface area (Å²) in [6.45, 7) is 2.97. The Bertz CT molecular complexity index is 263. The molecule has 2 aliphatic carbocycles. The predicted octanol–water partition coefficient (Wildman–Crippen LogP) is 3.43. The highest BCUT2D eigenvalue weighted by atomic mass is 35.5. The first-order chi connectivity index (χ1) is 8.24. The number of nitrogens with zero attached hydrogens (tertiary/aromatic N) is 1. The maximum Gasteiger partial charge on any atom is 0.226 e. The van der Waals surface area contributed by atoms with Crippen LogP contribution < -0.4 is 0 Å². The quantitative estimate of drug-likeness (QED) is 0.707. The molecular weight excluding hydrogens is 234 g/mol. The van der Waals surface area contributed by atoms with Gasteiger partial charge in [0, 0.05) is 24.4 Å². The second-order valence-electron chi connectivity index (χ2n) is 5.67. The van der Waals surface area contributed by atoms with Crippen molar-refractivity contribution in [2.45, 2.75) is 57.9 Å². The summed E-state index contributed by atoms with van der Waals surface area (Å²) >= 11 is 5.87. The van der Waals surface area contributed by atoms with Gasteiger partial charge >= 0.3 is 0 Å². The molecule has 2 nitrogen and oxygen atoms in total. The lowest BCUT2D eigenvalue weighted by Crippen LogP contribution is -2.44. The van der Waals surface area contributed by atoms with Gasteiger partial charge in [-0.05, 0) is 31.6 Å². The number of hydrogen-bond donors (Lipinski definition) is 0. The highest BCUT2D eigenvalue weighted by Crippen LogP contribution is 2.34. The van der Waals surface area contributed by atoms with Crippen molar-refractivity contribution in [1.82, 2.24) is 4.90 Å². The molecule has 0 spiro atoms. The van der Waals surface area contributed by atoms with E-state index < -0.39 is 0 Å². The lowest BCUT2D eigenvalue weighted by molar-refractivity contribution is -0.138. The van der Waals surface area contributed by atoms with Gasteiger partial charge in [-0.2, -0.15) is 0 Å². The number of halogens is 1. The molecular formula is C14H24ClNO. The van der Waals surface area contributed by atoms with Gasteiger partial charge < -0.3 is 4.90 Å². The summed E-state index contributed by atoms with van der Waals surface area (Å²) in [6, 6.07) is 0.481. The summed E-state index contributed by atoms with van der Waals surface area (Å²) in [7, 11) is 0. The van der Waals surface area contributed by atoms with Gasteiger partial charge in [0.2, 0.25) is 5.91 Å². The molecule has 2 saturated carbocycles. The van der Waals surface area contributed by atoms with E-state index in [1.165, 1.54) is 38.5 Å². The average Bonchev–Trinajstić information content (AvgIpc) is 2.95. The molecule has 2 unspecified atom stereocenters. The van der Waals surface area contributed by atoms with Crippen molar-refractivity contribution < 1.29 is 4.79 Å². The van der Waals surface area contributed by atoms with Gasteiger partial charge in [-0.1, -0.05) is 26.2 Å². The molecule has 2 atom stereocenters. The number of carbonyl (C=O) groups is 1. The molecule has 0 aromatic rings. The molecule has 0 aromatic carbocycles. The van der Waals surface area contributed by atoms with E-state index in [1.54, 1.807) is 0 Å². The molecule has 98 valence electrons. The van der Waals surface area contributed by atoms with Crippen LogP contribution in [0.1, 0.15) is 51.9 Å². The third-order valence-corrected chi connectivity index (χ3v) is 4.72. The molecule has 2 fully saturated rings. The van der Waals surface area contributed by atoms with Crippen LogP contribution in [0.15, 0.2) is 0 Å². The first-order valence-corrected chi connectivity index (χ1v) is 7.64. The Hall–Kier alpha value is -0.240. The molecule has 0 bridgehead atoms. The summed E-state index contributed by atoms with van der Waals surface area (Å²) in [4.78, 5) is 14.7.